The van der Waals surface area contributed by atoms with Crippen LogP contribution in [0.1, 0.15) is 214 Å². The Kier molecular flexibility index (Phi) is 29.6. The molecule has 0 aromatic rings. The van der Waals surface area contributed by atoms with Gasteiger partial charge in [-0.1, -0.05) is 214 Å². The van der Waals surface area contributed by atoms with Gasteiger partial charge in [-0.15, -0.1) is 0 Å². The van der Waals surface area contributed by atoms with Gasteiger partial charge in [-0.25, -0.2) is 0 Å². The van der Waals surface area contributed by atoms with Crippen LogP contribution in [0.5, 0.6) is 0 Å². The van der Waals surface area contributed by atoms with Crippen molar-refractivity contribution in [2.24, 2.45) is 17.8 Å². The molecule has 0 aliphatic rings. The van der Waals surface area contributed by atoms with E-state index in [0.717, 1.165) is 17.8 Å². The quantitative estimate of drug-likeness (QED) is 0.0849. The number of hydrogen-bond donors (Lipinski definition) is 0. The summed E-state index contributed by atoms with van der Waals surface area (Å²) in [6, 6.07) is 0. The van der Waals surface area contributed by atoms with Crippen molar-refractivity contribution in [3.05, 3.63) is 0 Å². The molecule has 0 bridgehead atoms. The van der Waals surface area contributed by atoms with Gasteiger partial charge < -0.3 is 0 Å². The first-order chi connectivity index (χ1) is 17.6. The summed E-state index contributed by atoms with van der Waals surface area (Å²) in [6.45, 7) is 12.1. The molecule has 3 unspecified atom stereocenters. The van der Waals surface area contributed by atoms with E-state index in [1.165, 1.54) is 180 Å². The van der Waals surface area contributed by atoms with Gasteiger partial charge in [0.2, 0.25) is 0 Å². The fraction of sp³-hybridized carbons (Fsp3) is 1.00. The SMILES string of the molecule is CCCCCCCCCCCCC(C)CCCCCC(C)CCCCCCCC(C)CCCCCC. The lowest BCUT2D eigenvalue weighted by molar-refractivity contribution is 0.404. The monoisotopic (exact) mass is 507 g/mol. The second-order valence-corrected chi connectivity index (χ2v) is 13.1. The lowest BCUT2D eigenvalue weighted by Crippen LogP contribution is -1.97. The Hall–Kier alpha value is 0. The molecule has 0 fully saturated rings. The van der Waals surface area contributed by atoms with Gasteiger partial charge in [0.25, 0.3) is 0 Å². The van der Waals surface area contributed by atoms with Crippen molar-refractivity contribution < 1.29 is 0 Å². The van der Waals surface area contributed by atoms with Crippen molar-refractivity contribution in [3.63, 3.8) is 0 Å². The van der Waals surface area contributed by atoms with Crippen LogP contribution in [0.2, 0.25) is 0 Å². The molecule has 0 radical (unpaired) electrons. The zero-order chi connectivity index (χ0) is 26.5. The third-order valence-electron chi connectivity index (χ3n) is 8.89. The Bertz CT molecular complexity index is 385. The largest absolute Gasteiger partial charge is 0.0654 e. The van der Waals surface area contributed by atoms with Crippen molar-refractivity contribution in [2.75, 3.05) is 0 Å². The molecule has 0 aliphatic carbocycles. The van der Waals surface area contributed by atoms with Crippen LogP contribution >= 0.6 is 0 Å². The molecular formula is C36H74. The number of unbranched alkanes of at least 4 members (excludes halogenated alkanes) is 18. The Balaban J connectivity index is 3.33. The topological polar surface area (TPSA) is 0 Å². The summed E-state index contributed by atoms with van der Waals surface area (Å²) in [7, 11) is 0. The summed E-state index contributed by atoms with van der Waals surface area (Å²) in [6.07, 6.45) is 41.0. The molecule has 36 heavy (non-hydrogen) atoms. The van der Waals surface area contributed by atoms with Crippen LogP contribution in [0, 0.1) is 17.8 Å². The minimum atomic E-state index is 0.956. The molecule has 0 spiro atoms. The van der Waals surface area contributed by atoms with Gasteiger partial charge in [-0.3, -0.25) is 0 Å². The normalized spacial score (nSPS) is 14.2. The average molecular weight is 507 g/mol. The fourth-order valence-corrected chi connectivity index (χ4v) is 6.01. The van der Waals surface area contributed by atoms with Gasteiger partial charge in [0, 0.05) is 0 Å². The van der Waals surface area contributed by atoms with Crippen molar-refractivity contribution in [1.82, 2.24) is 0 Å². The zero-order valence-corrected chi connectivity index (χ0v) is 26.5. The first-order valence-corrected chi connectivity index (χ1v) is 17.6. The van der Waals surface area contributed by atoms with Gasteiger partial charge in [-0.05, 0) is 17.8 Å². The fourth-order valence-electron chi connectivity index (χ4n) is 6.01. The van der Waals surface area contributed by atoms with Gasteiger partial charge in [0.1, 0.15) is 0 Å². The molecule has 0 saturated heterocycles. The minimum absolute atomic E-state index is 0.956. The first-order valence-electron chi connectivity index (χ1n) is 17.6. The molecule has 0 heteroatoms. The summed E-state index contributed by atoms with van der Waals surface area (Å²) in [5.74, 6) is 2.88. The predicted molar refractivity (Wildman–Crippen MR) is 168 cm³/mol. The average Bonchev–Trinajstić information content (AvgIpc) is 2.87. The summed E-state index contributed by atoms with van der Waals surface area (Å²) in [5.41, 5.74) is 0. The zero-order valence-electron chi connectivity index (χ0n) is 26.5. The van der Waals surface area contributed by atoms with E-state index < -0.39 is 0 Å². The summed E-state index contributed by atoms with van der Waals surface area (Å²) in [4.78, 5) is 0. The lowest BCUT2D eigenvalue weighted by Gasteiger charge is -2.13. The van der Waals surface area contributed by atoms with Crippen LogP contribution in [-0.4, -0.2) is 0 Å². The Morgan fingerprint density at radius 1 is 0.250 bits per heavy atom. The molecule has 3 atom stereocenters. The molecule has 0 saturated carbocycles. The van der Waals surface area contributed by atoms with Gasteiger partial charge in [0.15, 0.2) is 0 Å². The maximum absolute atomic E-state index is 2.51. The highest BCUT2D eigenvalue weighted by molar-refractivity contribution is 4.59. The first kappa shape index (κ1) is 36.0. The van der Waals surface area contributed by atoms with Crippen LogP contribution < -0.4 is 0 Å². The summed E-state index contributed by atoms with van der Waals surface area (Å²) in [5, 5.41) is 0. The van der Waals surface area contributed by atoms with E-state index in [4.69, 9.17) is 0 Å². The molecule has 218 valence electrons. The molecule has 0 rings (SSSR count). The Labute approximate surface area is 232 Å². The highest BCUT2D eigenvalue weighted by Gasteiger charge is 2.06. The van der Waals surface area contributed by atoms with Crippen molar-refractivity contribution in [1.29, 1.82) is 0 Å². The van der Waals surface area contributed by atoms with Crippen LogP contribution in [-0.2, 0) is 0 Å². The smallest absolute Gasteiger partial charge is 0.0443 e. The molecule has 0 heterocycles. The molecular weight excluding hydrogens is 432 g/mol. The summed E-state index contributed by atoms with van der Waals surface area (Å²) >= 11 is 0. The standard InChI is InChI=1S/C36H74/c1-6-8-10-12-13-14-15-16-18-23-29-35(4)32-26-21-27-33-36(5)31-25-20-17-19-24-30-34(3)28-22-11-9-7-2/h34-36H,6-33H2,1-5H3. The minimum Gasteiger partial charge on any atom is -0.0654 e. The van der Waals surface area contributed by atoms with E-state index in [0.29, 0.717) is 0 Å². The van der Waals surface area contributed by atoms with Crippen molar-refractivity contribution >= 4 is 0 Å². The van der Waals surface area contributed by atoms with Gasteiger partial charge in [-0.2, -0.15) is 0 Å². The van der Waals surface area contributed by atoms with E-state index in [9.17, 15) is 0 Å². The van der Waals surface area contributed by atoms with Gasteiger partial charge >= 0.3 is 0 Å². The summed E-state index contributed by atoms with van der Waals surface area (Å²) < 4.78 is 0. The van der Waals surface area contributed by atoms with Gasteiger partial charge in [0.05, 0.1) is 0 Å². The maximum atomic E-state index is 2.51. The molecule has 0 amide bonds. The van der Waals surface area contributed by atoms with E-state index in [1.54, 1.807) is 0 Å². The molecule has 0 N–H and O–H groups in total. The second-order valence-electron chi connectivity index (χ2n) is 13.1. The van der Waals surface area contributed by atoms with Crippen LogP contribution in [0.4, 0.5) is 0 Å². The maximum Gasteiger partial charge on any atom is -0.0443 e. The highest BCUT2D eigenvalue weighted by Crippen LogP contribution is 2.22. The highest BCUT2D eigenvalue weighted by atomic mass is 14.1. The third-order valence-corrected chi connectivity index (χ3v) is 8.89. The van der Waals surface area contributed by atoms with E-state index in [-0.39, 0.29) is 0 Å². The molecule has 0 aromatic heterocycles. The Morgan fingerprint density at radius 3 is 0.667 bits per heavy atom. The van der Waals surface area contributed by atoms with Crippen LogP contribution in [0.3, 0.4) is 0 Å². The van der Waals surface area contributed by atoms with E-state index >= 15 is 0 Å². The number of hydrogen-bond acceptors (Lipinski definition) is 0. The third kappa shape index (κ3) is 28.6. The molecule has 0 aromatic carbocycles. The van der Waals surface area contributed by atoms with Crippen molar-refractivity contribution in [3.8, 4) is 0 Å². The second kappa shape index (κ2) is 29.6. The van der Waals surface area contributed by atoms with E-state index in [2.05, 4.69) is 34.6 Å². The van der Waals surface area contributed by atoms with Crippen LogP contribution in [0.25, 0.3) is 0 Å². The predicted octanol–water partition coefficient (Wildman–Crippen LogP) is 13.9. The van der Waals surface area contributed by atoms with E-state index in [1.807, 2.05) is 0 Å². The molecule has 0 nitrogen and oxygen atoms in total. The van der Waals surface area contributed by atoms with Crippen LogP contribution in [0.15, 0.2) is 0 Å². The number of rotatable bonds is 30. The molecule has 0 aliphatic heterocycles. The lowest BCUT2D eigenvalue weighted by atomic mass is 9.93. The Morgan fingerprint density at radius 2 is 0.417 bits per heavy atom. The van der Waals surface area contributed by atoms with Crippen molar-refractivity contribution in [2.45, 2.75) is 214 Å².